The molecule has 0 unspecified atom stereocenters. The van der Waals surface area contributed by atoms with Crippen molar-refractivity contribution in [1.29, 1.82) is 0 Å². The van der Waals surface area contributed by atoms with Gasteiger partial charge in [0.05, 0.1) is 29.0 Å². The van der Waals surface area contributed by atoms with Crippen molar-refractivity contribution in [2.75, 3.05) is 13.2 Å². The van der Waals surface area contributed by atoms with Crippen LogP contribution in [0.2, 0.25) is 0 Å². The fourth-order valence-corrected chi connectivity index (χ4v) is 3.41. The van der Waals surface area contributed by atoms with Crippen molar-refractivity contribution >= 4 is 5.91 Å². The Morgan fingerprint density at radius 3 is 2.35 bits per heavy atom. The fourth-order valence-electron chi connectivity index (χ4n) is 3.41. The highest BCUT2D eigenvalue weighted by molar-refractivity contribution is 5.97. The van der Waals surface area contributed by atoms with E-state index in [0.29, 0.717) is 6.07 Å². The highest BCUT2D eigenvalue weighted by Crippen LogP contribution is 2.36. The largest absolute Gasteiger partial charge is 0.502 e. The molecule has 1 amide bonds. The van der Waals surface area contributed by atoms with Crippen LogP contribution < -0.4 is 15.6 Å². The summed E-state index contributed by atoms with van der Waals surface area (Å²) in [7, 11) is 1.12. The number of halogens is 7. The maximum absolute atomic E-state index is 13.9. The third-order valence-corrected chi connectivity index (χ3v) is 5.23. The van der Waals surface area contributed by atoms with Crippen LogP contribution in [0.1, 0.15) is 27.9 Å². The normalized spacial score (nSPS) is 11.9. The van der Waals surface area contributed by atoms with E-state index >= 15 is 0 Å². The smallest absolute Gasteiger partial charge is 0.419 e. The molecule has 3 rings (SSSR count). The predicted molar refractivity (Wildman–Crippen MR) is 118 cm³/mol. The third kappa shape index (κ3) is 6.40. The number of ether oxygens (including phenoxy) is 1. The number of carbonyl (C=O) groups is 1. The second-order valence-electron chi connectivity index (χ2n) is 7.83. The van der Waals surface area contributed by atoms with Crippen LogP contribution in [0.15, 0.2) is 53.3 Å². The molecule has 0 saturated heterocycles. The van der Waals surface area contributed by atoms with Gasteiger partial charge in [-0.3, -0.25) is 9.59 Å². The van der Waals surface area contributed by atoms with Gasteiger partial charge in [0, 0.05) is 19.2 Å². The summed E-state index contributed by atoms with van der Waals surface area (Å²) in [5.74, 6) is -3.61. The number of hydrogen-bond acceptors (Lipinski definition) is 4. The highest BCUT2D eigenvalue weighted by atomic mass is 19.4. The zero-order valence-corrected chi connectivity index (χ0v) is 19.0. The quantitative estimate of drug-likeness (QED) is 0.327. The highest BCUT2D eigenvalue weighted by Gasteiger charge is 2.34. The van der Waals surface area contributed by atoms with Gasteiger partial charge in [-0.2, -0.15) is 26.3 Å². The van der Waals surface area contributed by atoms with Crippen LogP contribution in [0.25, 0.3) is 11.3 Å². The molecule has 0 aliphatic carbocycles. The molecule has 0 fully saturated rings. The molecule has 0 aliphatic rings. The summed E-state index contributed by atoms with van der Waals surface area (Å²) in [4.78, 5) is 25.0. The number of benzene rings is 2. The lowest BCUT2D eigenvalue weighted by atomic mass is 10.0. The summed E-state index contributed by atoms with van der Waals surface area (Å²) in [6.45, 7) is -0.361. The van der Waals surface area contributed by atoms with Crippen LogP contribution in [-0.4, -0.2) is 28.7 Å². The number of para-hydroxylation sites is 1. The maximum atomic E-state index is 13.9. The fraction of sp³-hybridized carbons (Fsp3) is 0.250. The zero-order chi connectivity index (χ0) is 27.5. The van der Waals surface area contributed by atoms with E-state index in [2.05, 4.69) is 5.32 Å². The number of amides is 1. The van der Waals surface area contributed by atoms with Crippen molar-refractivity contribution in [3.05, 3.63) is 81.4 Å². The Hall–Kier alpha value is -4.03. The second kappa shape index (κ2) is 10.5. The molecule has 2 aromatic carbocycles. The SMILES string of the molecule is Cn1c(-c2cc(F)cc(C(F)(F)F)c2)cc(C(=O)NCCCOc2ccccc2C(F)(F)F)c(O)c1=O. The minimum Gasteiger partial charge on any atom is -0.502 e. The van der Waals surface area contributed by atoms with Gasteiger partial charge in [0.1, 0.15) is 11.6 Å². The van der Waals surface area contributed by atoms with Gasteiger partial charge in [-0.1, -0.05) is 12.1 Å². The standard InChI is InChI=1S/C24H19F7N2O4/c1-33-18(13-9-14(23(26,27)28)11-15(25)10-13)12-16(20(34)22(33)36)21(35)32-7-4-8-37-19-6-3-2-5-17(19)24(29,30)31/h2-3,5-6,9-12,34H,4,7-8H2,1H3,(H,32,35). The molecular weight excluding hydrogens is 513 g/mol. The Morgan fingerprint density at radius 2 is 1.70 bits per heavy atom. The van der Waals surface area contributed by atoms with Gasteiger partial charge in [-0.25, -0.2) is 4.39 Å². The van der Waals surface area contributed by atoms with Gasteiger partial charge in [-0.05, 0) is 42.8 Å². The maximum Gasteiger partial charge on any atom is 0.419 e. The number of nitrogens with one attached hydrogen (secondary N) is 1. The molecule has 0 saturated carbocycles. The number of alkyl halides is 6. The van der Waals surface area contributed by atoms with Crippen molar-refractivity contribution in [2.45, 2.75) is 18.8 Å². The number of pyridine rings is 1. The monoisotopic (exact) mass is 532 g/mol. The van der Waals surface area contributed by atoms with Crippen molar-refractivity contribution in [3.8, 4) is 22.8 Å². The van der Waals surface area contributed by atoms with E-state index in [0.717, 1.165) is 35.9 Å². The van der Waals surface area contributed by atoms with Gasteiger partial charge >= 0.3 is 12.4 Å². The Kier molecular flexibility index (Phi) is 7.84. The van der Waals surface area contributed by atoms with Gasteiger partial charge < -0.3 is 19.7 Å². The van der Waals surface area contributed by atoms with Crippen molar-refractivity contribution < 1.29 is 45.4 Å². The van der Waals surface area contributed by atoms with E-state index in [1.54, 1.807) is 0 Å². The first kappa shape index (κ1) is 27.6. The number of hydrogen-bond donors (Lipinski definition) is 2. The van der Waals surface area contributed by atoms with E-state index in [1.807, 2.05) is 0 Å². The predicted octanol–water partition coefficient (Wildman–Crippen LogP) is 5.13. The summed E-state index contributed by atoms with van der Waals surface area (Å²) in [6.07, 6.45) is -9.47. The first-order valence-electron chi connectivity index (χ1n) is 10.6. The molecular formula is C24H19F7N2O4. The Balaban J connectivity index is 1.75. The molecule has 0 spiro atoms. The van der Waals surface area contributed by atoms with Crippen LogP contribution in [0.4, 0.5) is 30.7 Å². The van der Waals surface area contributed by atoms with Gasteiger partial charge in [0.15, 0.2) is 5.75 Å². The Labute approximate surface area is 204 Å². The Bertz CT molecular complexity index is 1360. The number of carbonyl (C=O) groups excluding carboxylic acids is 1. The summed E-state index contributed by atoms with van der Waals surface area (Å²) < 4.78 is 98.1. The molecule has 1 heterocycles. The Morgan fingerprint density at radius 1 is 1.03 bits per heavy atom. The lowest BCUT2D eigenvalue weighted by molar-refractivity contribution is -0.139. The van der Waals surface area contributed by atoms with E-state index in [9.17, 15) is 45.4 Å². The molecule has 37 heavy (non-hydrogen) atoms. The van der Waals surface area contributed by atoms with Crippen LogP contribution >= 0.6 is 0 Å². The average molecular weight is 532 g/mol. The molecule has 2 N–H and O–H groups in total. The topological polar surface area (TPSA) is 80.6 Å². The first-order valence-corrected chi connectivity index (χ1v) is 10.6. The minimum atomic E-state index is -4.88. The van der Waals surface area contributed by atoms with Gasteiger partial charge in [-0.15, -0.1) is 0 Å². The summed E-state index contributed by atoms with van der Waals surface area (Å²) in [5, 5.41) is 12.5. The zero-order valence-electron chi connectivity index (χ0n) is 19.0. The lowest BCUT2D eigenvalue weighted by Crippen LogP contribution is -2.29. The average Bonchev–Trinajstić information content (AvgIpc) is 2.81. The minimum absolute atomic E-state index is 0.0369. The van der Waals surface area contributed by atoms with Crippen LogP contribution in [0.5, 0.6) is 11.5 Å². The molecule has 13 heteroatoms. The molecule has 0 bridgehead atoms. The molecule has 0 radical (unpaired) electrons. The molecule has 3 aromatic rings. The van der Waals surface area contributed by atoms with Crippen molar-refractivity contribution in [3.63, 3.8) is 0 Å². The van der Waals surface area contributed by atoms with Gasteiger partial charge in [0.25, 0.3) is 11.5 Å². The number of aromatic hydroxyl groups is 1. The first-order chi connectivity index (χ1) is 17.2. The van der Waals surface area contributed by atoms with E-state index in [4.69, 9.17) is 4.74 Å². The summed E-state index contributed by atoms with van der Waals surface area (Å²) in [5.41, 5.74) is -4.63. The van der Waals surface area contributed by atoms with Crippen LogP contribution in [0.3, 0.4) is 0 Å². The lowest BCUT2D eigenvalue weighted by Gasteiger charge is -2.15. The van der Waals surface area contributed by atoms with Crippen molar-refractivity contribution in [1.82, 2.24) is 9.88 Å². The van der Waals surface area contributed by atoms with Gasteiger partial charge in [0.2, 0.25) is 0 Å². The third-order valence-electron chi connectivity index (χ3n) is 5.23. The number of nitrogens with zero attached hydrogens (tertiary/aromatic N) is 1. The second-order valence-corrected chi connectivity index (χ2v) is 7.83. The molecule has 1 aromatic heterocycles. The molecule has 198 valence electrons. The summed E-state index contributed by atoms with van der Waals surface area (Å²) in [6, 6.07) is 7.07. The van der Waals surface area contributed by atoms with Crippen molar-refractivity contribution in [2.24, 2.45) is 7.05 Å². The van der Waals surface area contributed by atoms with E-state index in [-0.39, 0.29) is 36.9 Å². The van der Waals surface area contributed by atoms with Crippen LogP contribution in [0, 0.1) is 5.82 Å². The van der Waals surface area contributed by atoms with E-state index in [1.165, 1.54) is 12.1 Å². The number of rotatable bonds is 7. The number of aromatic nitrogens is 1. The molecule has 6 nitrogen and oxygen atoms in total. The summed E-state index contributed by atoms with van der Waals surface area (Å²) >= 11 is 0. The van der Waals surface area contributed by atoms with E-state index < -0.39 is 57.8 Å². The molecule has 0 atom stereocenters. The van der Waals surface area contributed by atoms with Crippen LogP contribution in [-0.2, 0) is 19.4 Å². The molecule has 0 aliphatic heterocycles.